The van der Waals surface area contributed by atoms with Crippen LogP contribution in [-0.2, 0) is 4.79 Å². The van der Waals surface area contributed by atoms with Gasteiger partial charge in [0.15, 0.2) is 0 Å². The average Bonchev–Trinajstić information content (AvgIpc) is 2.40. The number of likely N-dealkylation sites (N-methyl/N-ethyl adjacent to an activating group) is 1. The first kappa shape index (κ1) is 14.3. The number of benzene rings is 1. The third-order valence-corrected chi connectivity index (χ3v) is 4.38. The van der Waals surface area contributed by atoms with Crippen molar-refractivity contribution in [1.29, 1.82) is 0 Å². The molecule has 2 atom stereocenters. The zero-order valence-corrected chi connectivity index (χ0v) is 12.0. The fourth-order valence-corrected chi connectivity index (χ4v) is 3.41. The summed E-state index contributed by atoms with van der Waals surface area (Å²) >= 11 is 1.55. The van der Waals surface area contributed by atoms with Crippen molar-refractivity contribution in [3.63, 3.8) is 0 Å². The lowest BCUT2D eigenvalue weighted by Crippen LogP contribution is -2.44. The molecular formula is C14H19FN2OS. The molecule has 2 rings (SSSR count). The fourth-order valence-electron chi connectivity index (χ4n) is 2.26. The van der Waals surface area contributed by atoms with E-state index in [1.165, 1.54) is 6.07 Å². The molecule has 0 radical (unpaired) electrons. The van der Waals surface area contributed by atoms with E-state index in [2.05, 4.69) is 10.6 Å². The van der Waals surface area contributed by atoms with Crippen molar-refractivity contribution in [3.05, 3.63) is 29.6 Å². The zero-order valence-electron chi connectivity index (χ0n) is 11.2. The third-order valence-electron chi connectivity index (χ3n) is 3.22. The molecule has 0 saturated carbocycles. The van der Waals surface area contributed by atoms with Gasteiger partial charge >= 0.3 is 0 Å². The highest BCUT2D eigenvalue weighted by Crippen LogP contribution is 2.37. The van der Waals surface area contributed by atoms with Gasteiger partial charge in [-0.1, -0.05) is 12.1 Å². The Labute approximate surface area is 117 Å². The van der Waals surface area contributed by atoms with E-state index in [9.17, 15) is 9.18 Å². The summed E-state index contributed by atoms with van der Waals surface area (Å²) in [7, 11) is 0. The Morgan fingerprint density at radius 3 is 3.11 bits per heavy atom. The normalized spacial score (nSPS) is 19.6. The highest BCUT2D eigenvalue weighted by Gasteiger charge is 2.25. The van der Waals surface area contributed by atoms with Crippen LogP contribution in [0, 0.1) is 5.82 Å². The summed E-state index contributed by atoms with van der Waals surface area (Å²) in [5, 5.41) is 6.08. The monoisotopic (exact) mass is 282 g/mol. The van der Waals surface area contributed by atoms with Crippen LogP contribution in [0.3, 0.4) is 0 Å². The minimum absolute atomic E-state index is 0.0151. The van der Waals surface area contributed by atoms with Crippen LogP contribution in [0.25, 0.3) is 0 Å². The molecule has 1 aliphatic heterocycles. The van der Waals surface area contributed by atoms with Gasteiger partial charge in [0, 0.05) is 17.5 Å². The van der Waals surface area contributed by atoms with E-state index in [0.717, 1.165) is 17.7 Å². The molecular weight excluding hydrogens is 263 g/mol. The predicted octanol–water partition coefficient (Wildman–Crippen LogP) is 2.48. The van der Waals surface area contributed by atoms with Crippen molar-refractivity contribution in [2.75, 3.05) is 12.3 Å². The number of hydrogen-bond acceptors (Lipinski definition) is 3. The van der Waals surface area contributed by atoms with Gasteiger partial charge in [0.1, 0.15) is 5.82 Å². The zero-order chi connectivity index (χ0) is 13.8. The van der Waals surface area contributed by atoms with Crippen LogP contribution in [0.5, 0.6) is 0 Å². The Morgan fingerprint density at radius 1 is 1.58 bits per heavy atom. The van der Waals surface area contributed by atoms with Crippen LogP contribution in [-0.4, -0.2) is 24.2 Å². The van der Waals surface area contributed by atoms with Crippen LogP contribution in [0.15, 0.2) is 23.1 Å². The predicted molar refractivity (Wildman–Crippen MR) is 75.8 cm³/mol. The van der Waals surface area contributed by atoms with E-state index in [0.29, 0.717) is 11.4 Å². The third kappa shape index (κ3) is 3.28. The molecule has 0 fully saturated rings. The van der Waals surface area contributed by atoms with E-state index in [4.69, 9.17) is 0 Å². The van der Waals surface area contributed by atoms with Gasteiger partial charge in [-0.15, -0.1) is 11.8 Å². The molecule has 0 aliphatic carbocycles. The first-order valence-electron chi connectivity index (χ1n) is 6.58. The van der Waals surface area contributed by atoms with Gasteiger partial charge in [-0.2, -0.15) is 0 Å². The number of thioether (sulfide) groups is 1. The lowest BCUT2D eigenvalue weighted by Gasteiger charge is -2.28. The van der Waals surface area contributed by atoms with Gasteiger partial charge in [0.05, 0.1) is 6.04 Å². The van der Waals surface area contributed by atoms with E-state index in [-0.39, 0.29) is 23.8 Å². The molecule has 0 aromatic heterocycles. The van der Waals surface area contributed by atoms with Gasteiger partial charge < -0.3 is 5.32 Å². The van der Waals surface area contributed by atoms with E-state index in [1.54, 1.807) is 17.8 Å². The Bertz CT molecular complexity index is 467. The lowest BCUT2D eigenvalue weighted by atomic mass is 10.0. The fraction of sp³-hybridized carbons (Fsp3) is 0.500. The van der Waals surface area contributed by atoms with Gasteiger partial charge in [0.25, 0.3) is 0 Å². The highest BCUT2D eigenvalue weighted by molar-refractivity contribution is 7.99. The standard InChI is InChI=1S/C14H19FN2OS/c1-3-16-14(18)9(2)17-12-7-8-19-13-10(12)5-4-6-11(13)15/h4-6,9,12,17H,3,7-8H2,1-2H3,(H,16,18). The van der Waals surface area contributed by atoms with Gasteiger partial charge in [-0.05, 0) is 37.7 Å². The van der Waals surface area contributed by atoms with Gasteiger partial charge in [-0.3, -0.25) is 10.1 Å². The SMILES string of the molecule is CCNC(=O)C(C)NC1CCSc2c(F)cccc21. The number of fused-ring (bicyclic) bond motifs is 1. The summed E-state index contributed by atoms with van der Waals surface area (Å²) in [6.07, 6.45) is 0.908. The Balaban J connectivity index is 2.11. The highest BCUT2D eigenvalue weighted by atomic mass is 32.2. The molecule has 1 aliphatic rings. The summed E-state index contributed by atoms with van der Waals surface area (Å²) in [5.74, 6) is 0.687. The number of rotatable bonds is 4. The number of amides is 1. The van der Waals surface area contributed by atoms with E-state index in [1.807, 2.05) is 19.9 Å². The number of halogens is 1. The van der Waals surface area contributed by atoms with Crippen LogP contribution in [0.1, 0.15) is 31.9 Å². The summed E-state index contributed by atoms with van der Waals surface area (Å²) < 4.78 is 13.7. The molecule has 5 heteroatoms. The molecule has 2 N–H and O–H groups in total. The maximum Gasteiger partial charge on any atom is 0.236 e. The first-order chi connectivity index (χ1) is 9.13. The molecule has 3 nitrogen and oxygen atoms in total. The number of carbonyl (C=O) groups excluding carboxylic acids is 1. The van der Waals surface area contributed by atoms with Crippen LogP contribution in [0.4, 0.5) is 4.39 Å². The largest absolute Gasteiger partial charge is 0.355 e. The molecule has 1 amide bonds. The minimum atomic E-state index is -0.274. The second-order valence-electron chi connectivity index (χ2n) is 4.63. The van der Waals surface area contributed by atoms with Crippen molar-refractivity contribution in [3.8, 4) is 0 Å². The molecule has 19 heavy (non-hydrogen) atoms. The van der Waals surface area contributed by atoms with Gasteiger partial charge in [0.2, 0.25) is 5.91 Å². The molecule has 0 bridgehead atoms. The molecule has 0 saturated heterocycles. The van der Waals surface area contributed by atoms with E-state index >= 15 is 0 Å². The Kier molecular flexibility index (Phi) is 4.82. The maximum absolute atomic E-state index is 13.7. The molecule has 1 aromatic rings. The molecule has 1 heterocycles. The molecule has 1 aromatic carbocycles. The topological polar surface area (TPSA) is 41.1 Å². The smallest absolute Gasteiger partial charge is 0.236 e. The summed E-state index contributed by atoms with van der Waals surface area (Å²) in [5.41, 5.74) is 0.965. The van der Waals surface area contributed by atoms with Crippen molar-refractivity contribution in [2.45, 2.75) is 37.2 Å². The average molecular weight is 282 g/mol. The lowest BCUT2D eigenvalue weighted by molar-refractivity contribution is -0.122. The molecule has 0 spiro atoms. The second kappa shape index (κ2) is 6.39. The number of carbonyl (C=O) groups is 1. The first-order valence-corrected chi connectivity index (χ1v) is 7.57. The Morgan fingerprint density at radius 2 is 2.37 bits per heavy atom. The van der Waals surface area contributed by atoms with Crippen molar-refractivity contribution in [1.82, 2.24) is 10.6 Å². The maximum atomic E-state index is 13.7. The molecule has 104 valence electrons. The second-order valence-corrected chi connectivity index (χ2v) is 5.74. The van der Waals surface area contributed by atoms with Crippen LogP contribution < -0.4 is 10.6 Å². The van der Waals surface area contributed by atoms with Crippen molar-refractivity contribution >= 4 is 17.7 Å². The van der Waals surface area contributed by atoms with Crippen molar-refractivity contribution < 1.29 is 9.18 Å². The summed E-state index contributed by atoms with van der Waals surface area (Å²) in [6.45, 7) is 4.36. The van der Waals surface area contributed by atoms with Crippen molar-refractivity contribution in [2.24, 2.45) is 0 Å². The Hall–Kier alpha value is -1.07. The summed E-state index contributed by atoms with van der Waals surface area (Å²) in [6, 6.07) is 4.92. The quantitative estimate of drug-likeness (QED) is 0.891. The van der Waals surface area contributed by atoms with Crippen LogP contribution >= 0.6 is 11.8 Å². The van der Waals surface area contributed by atoms with Crippen LogP contribution in [0.2, 0.25) is 0 Å². The van der Waals surface area contributed by atoms with Gasteiger partial charge in [-0.25, -0.2) is 4.39 Å². The molecule has 2 unspecified atom stereocenters. The number of hydrogen-bond donors (Lipinski definition) is 2. The summed E-state index contributed by atoms with van der Waals surface area (Å²) in [4.78, 5) is 12.5. The minimum Gasteiger partial charge on any atom is -0.355 e. The number of nitrogens with one attached hydrogen (secondary N) is 2. The van der Waals surface area contributed by atoms with E-state index < -0.39 is 0 Å².